The van der Waals surface area contributed by atoms with Gasteiger partial charge in [-0.3, -0.25) is 0 Å². The van der Waals surface area contributed by atoms with Crippen molar-refractivity contribution < 1.29 is 9.53 Å². The molecule has 0 heterocycles. The number of carbonyl (C=O) groups excluding carboxylic acids is 1. The lowest BCUT2D eigenvalue weighted by atomic mass is 9.55. The summed E-state index contributed by atoms with van der Waals surface area (Å²) in [6, 6.07) is 0. The maximum absolute atomic E-state index is 11.5. The molecule has 4 fully saturated rings. The van der Waals surface area contributed by atoms with Crippen molar-refractivity contribution in [1.82, 2.24) is 0 Å². The second-order valence-electron chi connectivity index (χ2n) is 5.83. The molecule has 4 aliphatic carbocycles. The summed E-state index contributed by atoms with van der Waals surface area (Å²) in [5, 5.41) is 0. The first kappa shape index (κ1) is 10.4. The molecule has 4 bridgehead atoms. The van der Waals surface area contributed by atoms with Crippen molar-refractivity contribution in [2.45, 2.75) is 45.1 Å². The minimum atomic E-state index is -0.139. The summed E-state index contributed by atoms with van der Waals surface area (Å²) >= 11 is 0. The van der Waals surface area contributed by atoms with Crippen LogP contribution in [0.5, 0.6) is 0 Å². The van der Waals surface area contributed by atoms with E-state index in [0.717, 1.165) is 11.8 Å². The zero-order valence-corrected chi connectivity index (χ0v) is 9.89. The lowest BCUT2D eigenvalue weighted by Crippen LogP contribution is -2.49. The predicted molar refractivity (Wildman–Crippen MR) is 61.7 cm³/mol. The van der Waals surface area contributed by atoms with Crippen LogP contribution in [0.1, 0.15) is 39.0 Å². The number of esters is 1. The highest BCUT2D eigenvalue weighted by atomic mass is 16.5. The van der Waals surface area contributed by atoms with Crippen LogP contribution >= 0.6 is 0 Å². The van der Waals surface area contributed by atoms with Gasteiger partial charge in [0, 0.05) is 6.08 Å². The smallest absolute Gasteiger partial charge is 0.330 e. The Morgan fingerprint density at radius 2 is 1.62 bits per heavy atom. The van der Waals surface area contributed by atoms with Crippen LogP contribution in [-0.4, -0.2) is 12.1 Å². The molecule has 0 N–H and O–H groups in total. The molecule has 16 heavy (non-hydrogen) atoms. The summed E-state index contributed by atoms with van der Waals surface area (Å²) in [6.07, 6.45) is 10.2. The van der Waals surface area contributed by atoms with E-state index in [1.54, 1.807) is 12.2 Å². The first-order chi connectivity index (χ1) is 7.76. The van der Waals surface area contributed by atoms with Crippen LogP contribution in [0.4, 0.5) is 0 Å². The summed E-state index contributed by atoms with van der Waals surface area (Å²) in [5.41, 5.74) is 0. The van der Waals surface area contributed by atoms with E-state index in [4.69, 9.17) is 4.74 Å². The Labute approximate surface area is 97.1 Å². The van der Waals surface area contributed by atoms with Gasteiger partial charge in [-0.1, -0.05) is 6.08 Å². The third-order valence-electron chi connectivity index (χ3n) is 4.70. The van der Waals surface area contributed by atoms with E-state index in [0.29, 0.717) is 11.8 Å². The fourth-order valence-electron chi connectivity index (χ4n) is 4.38. The molecule has 0 aliphatic heterocycles. The zero-order chi connectivity index (χ0) is 11.1. The van der Waals surface area contributed by atoms with Crippen molar-refractivity contribution in [1.29, 1.82) is 0 Å². The fraction of sp³-hybridized carbons (Fsp3) is 0.786. The molecule has 0 aromatic rings. The molecule has 88 valence electrons. The first-order valence-corrected chi connectivity index (χ1v) is 6.59. The Morgan fingerprint density at radius 3 is 2.12 bits per heavy atom. The van der Waals surface area contributed by atoms with Gasteiger partial charge in [0.15, 0.2) is 0 Å². The van der Waals surface area contributed by atoms with Crippen molar-refractivity contribution >= 4 is 5.97 Å². The van der Waals surface area contributed by atoms with Gasteiger partial charge < -0.3 is 4.74 Å². The SMILES string of the molecule is C/C=C/C(=O)OC1C2CC3CC(C2)CC1C3. The summed E-state index contributed by atoms with van der Waals surface area (Å²) in [6.45, 7) is 1.86. The number of hydrogen-bond acceptors (Lipinski definition) is 2. The van der Waals surface area contributed by atoms with E-state index in [2.05, 4.69) is 0 Å². The normalized spacial score (nSPS) is 45.2. The van der Waals surface area contributed by atoms with Gasteiger partial charge in [0.05, 0.1) is 0 Å². The Morgan fingerprint density at radius 1 is 1.06 bits per heavy atom. The third kappa shape index (κ3) is 1.68. The van der Waals surface area contributed by atoms with Crippen LogP contribution in [0.25, 0.3) is 0 Å². The molecule has 0 unspecified atom stereocenters. The molecular weight excluding hydrogens is 200 g/mol. The molecule has 2 nitrogen and oxygen atoms in total. The highest BCUT2D eigenvalue weighted by molar-refractivity contribution is 5.82. The van der Waals surface area contributed by atoms with Crippen LogP contribution in [-0.2, 0) is 9.53 Å². The van der Waals surface area contributed by atoms with Crippen molar-refractivity contribution in [3.8, 4) is 0 Å². The van der Waals surface area contributed by atoms with Crippen molar-refractivity contribution in [2.75, 3.05) is 0 Å². The molecule has 0 atom stereocenters. The number of carbonyl (C=O) groups is 1. The second kappa shape index (κ2) is 3.90. The average molecular weight is 220 g/mol. The number of allylic oxidation sites excluding steroid dienone is 1. The van der Waals surface area contributed by atoms with Crippen LogP contribution in [0.3, 0.4) is 0 Å². The van der Waals surface area contributed by atoms with Gasteiger partial charge in [0.25, 0.3) is 0 Å². The van der Waals surface area contributed by atoms with E-state index >= 15 is 0 Å². The van der Waals surface area contributed by atoms with Gasteiger partial charge in [-0.2, -0.15) is 0 Å². The molecule has 4 saturated carbocycles. The van der Waals surface area contributed by atoms with E-state index in [1.807, 2.05) is 6.92 Å². The first-order valence-electron chi connectivity index (χ1n) is 6.59. The molecule has 0 spiro atoms. The predicted octanol–water partition coefficient (Wildman–Crippen LogP) is 2.93. The molecule has 0 aromatic carbocycles. The Bertz CT molecular complexity index is 291. The van der Waals surface area contributed by atoms with Crippen molar-refractivity contribution in [3.05, 3.63) is 12.2 Å². The number of ether oxygens (including phenoxy) is 1. The summed E-state index contributed by atoms with van der Waals surface area (Å²) in [7, 11) is 0. The van der Waals surface area contributed by atoms with E-state index in [-0.39, 0.29) is 12.1 Å². The van der Waals surface area contributed by atoms with Crippen LogP contribution < -0.4 is 0 Å². The minimum absolute atomic E-state index is 0.139. The zero-order valence-electron chi connectivity index (χ0n) is 9.89. The van der Waals surface area contributed by atoms with E-state index in [9.17, 15) is 4.79 Å². The second-order valence-corrected chi connectivity index (χ2v) is 5.83. The molecular formula is C14H20O2. The summed E-state index contributed by atoms with van der Waals surface area (Å²) in [5.74, 6) is 3.09. The Balaban J connectivity index is 1.70. The highest BCUT2D eigenvalue weighted by Gasteiger charge is 2.49. The molecule has 0 amide bonds. The topological polar surface area (TPSA) is 26.3 Å². The van der Waals surface area contributed by atoms with Crippen LogP contribution in [0, 0.1) is 23.7 Å². The van der Waals surface area contributed by atoms with Crippen LogP contribution in [0.2, 0.25) is 0 Å². The molecule has 4 rings (SSSR count). The summed E-state index contributed by atoms with van der Waals surface area (Å²) in [4.78, 5) is 11.5. The molecule has 2 heteroatoms. The number of rotatable bonds is 2. The standard InChI is InChI=1S/C14H20O2/c1-2-3-13(15)16-14-11-5-9-4-10(7-11)8-12(14)6-9/h2-3,9-12,14H,4-8H2,1H3/b3-2+. The van der Waals surface area contributed by atoms with Gasteiger partial charge in [-0.05, 0) is 62.7 Å². The van der Waals surface area contributed by atoms with Crippen molar-refractivity contribution in [2.24, 2.45) is 23.7 Å². The average Bonchev–Trinajstić information content (AvgIpc) is 2.23. The monoisotopic (exact) mass is 220 g/mol. The largest absolute Gasteiger partial charge is 0.459 e. The van der Waals surface area contributed by atoms with Crippen molar-refractivity contribution in [3.63, 3.8) is 0 Å². The highest BCUT2D eigenvalue weighted by Crippen LogP contribution is 2.54. The van der Waals surface area contributed by atoms with Gasteiger partial charge in [0.2, 0.25) is 0 Å². The Kier molecular flexibility index (Phi) is 2.53. The lowest BCUT2D eigenvalue weighted by Gasteiger charge is -2.53. The maximum Gasteiger partial charge on any atom is 0.330 e. The maximum atomic E-state index is 11.5. The van der Waals surface area contributed by atoms with Gasteiger partial charge in [0.1, 0.15) is 6.10 Å². The van der Waals surface area contributed by atoms with Gasteiger partial charge >= 0.3 is 5.97 Å². The molecule has 0 aromatic heterocycles. The summed E-state index contributed by atoms with van der Waals surface area (Å²) < 4.78 is 5.64. The van der Waals surface area contributed by atoms with Crippen LogP contribution in [0.15, 0.2) is 12.2 Å². The lowest BCUT2D eigenvalue weighted by molar-refractivity contribution is -0.165. The Hall–Kier alpha value is -0.790. The molecule has 4 aliphatic rings. The molecule has 0 radical (unpaired) electrons. The van der Waals surface area contributed by atoms with E-state index in [1.165, 1.54) is 32.1 Å². The third-order valence-corrected chi connectivity index (χ3v) is 4.70. The fourth-order valence-corrected chi connectivity index (χ4v) is 4.38. The van der Waals surface area contributed by atoms with E-state index < -0.39 is 0 Å². The van der Waals surface area contributed by atoms with Gasteiger partial charge in [-0.15, -0.1) is 0 Å². The quantitative estimate of drug-likeness (QED) is 0.528. The molecule has 0 saturated heterocycles. The van der Waals surface area contributed by atoms with Gasteiger partial charge in [-0.25, -0.2) is 4.79 Å². The minimum Gasteiger partial charge on any atom is -0.459 e. The number of hydrogen-bond donors (Lipinski definition) is 0.